The Morgan fingerprint density at radius 1 is 1.12 bits per heavy atom. The van der Waals surface area contributed by atoms with Crippen molar-refractivity contribution in [3.63, 3.8) is 0 Å². The monoisotopic (exact) mass is 320 g/mol. The van der Waals surface area contributed by atoms with Crippen molar-refractivity contribution in [2.75, 3.05) is 23.3 Å². The number of anilines is 2. The maximum Gasteiger partial charge on any atom is 0.248 e. The molecule has 124 valence electrons. The van der Waals surface area contributed by atoms with Gasteiger partial charge < -0.3 is 10.2 Å². The molecule has 0 saturated heterocycles. The highest BCUT2D eigenvalue weighted by Gasteiger charge is 2.10. The largest absolute Gasteiger partial charge is 0.366 e. The minimum Gasteiger partial charge on any atom is -0.366 e. The average Bonchev–Trinajstić information content (AvgIpc) is 2.59. The van der Waals surface area contributed by atoms with E-state index in [4.69, 9.17) is 0 Å². The number of nitrogens with zero attached hydrogens (tertiary/aromatic N) is 1. The second kappa shape index (κ2) is 8.73. The molecular formula is C21H24N2O. The van der Waals surface area contributed by atoms with E-state index in [-0.39, 0.29) is 5.91 Å². The van der Waals surface area contributed by atoms with Gasteiger partial charge in [0.25, 0.3) is 0 Å². The SMILES string of the molecule is C=C(C)CN(CC)c1ccccc1NC(=O)/C=C/c1ccccc1. The standard InChI is InChI=1S/C21H24N2O/c1-4-23(16-17(2)3)20-13-9-8-12-19(20)22-21(24)15-14-18-10-6-5-7-11-18/h5-15H,2,4,16H2,1,3H3,(H,22,24)/b15-14+. The molecule has 2 aromatic carbocycles. The van der Waals surface area contributed by atoms with Crippen LogP contribution in [0.15, 0.2) is 72.8 Å². The summed E-state index contributed by atoms with van der Waals surface area (Å²) in [5.41, 5.74) is 3.90. The van der Waals surface area contributed by atoms with E-state index in [1.807, 2.05) is 67.6 Å². The first-order chi connectivity index (χ1) is 11.6. The van der Waals surface area contributed by atoms with Gasteiger partial charge in [-0.15, -0.1) is 0 Å². The number of carbonyl (C=O) groups is 1. The molecule has 0 aliphatic carbocycles. The second-order valence-corrected chi connectivity index (χ2v) is 5.72. The van der Waals surface area contributed by atoms with Crippen LogP contribution in [0.2, 0.25) is 0 Å². The van der Waals surface area contributed by atoms with Gasteiger partial charge in [-0.25, -0.2) is 0 Å². The van der Waals surface area contributed by atoms with Crippen molar-refractivity contribution in [3.8, 4) is 0 Å². The lowest BCUT2D eigenvalue weighted by Gasteiger charge is -2.25. The van der Waals surface area contributed by atoms with Gasteiger partial charge in [-0.1, -0.05) is 54.6 Å². The maximum absolute atomic E-state index is 12.2. The van der Waals surface area contributed by atoms with E-state index >= 15 is 0 Å². The van der Waals surface area contributed by atoms with Crippen LogP contribution in [0, 0.1) is 0 Å². The van der Waals surface area contributed by atoms with E-state index < -0.39 is 0 Å². The normalized spacial score (nSPS) is 10.6. The van der Waals surface area contributed by atoms with Crippen molar-refractivity contribution in [1.82, 2.24) is 0 Å². The Bertz CT molecular complexity index is 720. The van der Waals surface area contributed by atoms with Crippen LogP contribution in [0.4, 0.5) is 11.4 Å². The number of nitrogens with one attached hydrogen (secondary N) is 1. The molecule has 1 N–H and O–H groups in total. The summed E-state index contributed by atoms with van der Waals surface area (Å²) in [5, 5.41) is 2.97. The summed E-state index contributed by atoms with van der Waals surface area (Å²) >= 11 is 0. The Hall–Kier alpha value is -2.81. The van der Waals surface area contributed by atoms with Crippen LogP contribution >= 0.6 is 0 Å². The van der Waals surface area contributed by atoms with E-state index in [9.17, 15) is 4.79 Å². The fourth-order valence-electron chi connectivity index (χ4n) is 2.46. The molecule has 0 radical (unpaired) electrons. The summed E-state index contributed by atoms with van der Waals surface area (Å²) in [6.07, 6.45) is 3.37. The molecule has 0 heterocycles. The second-order valence-electron chi connectivity index (χ2n) is 5.72. The quantitative estimate of drug-likeness (QED) is 0.590. The van der Waals surface area contributed by atoms with Crippen molar-refractivity contribution in [3.05, 3.63) is 78.4 Å². The first-order valence-corrected chi connectivity index (χ1v) is 8.12. The van der Waals surface area contributed by atoms with Gasteiger partial charge in [0.1, 0.15) is 0 Å². The van der Waals surface area contributed by atoms with Crippen molar-refractivity contribution >= 4 is 23.4 Å². The van der Waals surface area contributed by atoms with Gasteiger partial charge in [-0.05, 0) is 37.6 Å². The highest BCUT2D eigenvalue weighted by molar-refractivity contribution is 6.03. The van der Waals surface area contributed by atoms with Crippen LogP contribution in [0.5, 0.6) is 0 Å². The van der Waals surface area contributed by atoms with Crippen LogP contribution in [0.1, 0.15) is 19.4 Å². The third-order valence-electron chi connectivity index (χ3n) is 3.57. The lowest BCUT2D eigenvalue weighted by molar-refractivity contribution is -0.111. The zero-order valence-corrected chi connectivity index (χ0v) is 14.3. The van der Waals surface area contributed by atoms with Gasteiger partial charge in [-0.2, -0.15) is 0 Å². The van der Waals surface area contributed by atoms with E-state index in [0.29, 0.717) is 0 Å². The average molecular weight is 320 g/mol. The van der Waals surface area contributed by atoms with Crippen molar-refractivity contribution in [2.45, 2.75) is 13.8 Å². The molecule has 0 saturated carbocycles. The first kappa shape index (κ1) is 17.5. The van der Waals surface area contributed by atoms with Crippen molar-refractivity contribution in [1.29, 1.82) is 0 Å². The Balaban J connectivity index is 2.13. The number of hydrogen-bond donors (Lipinski definition) is 1. The molecule has 1 amide bonds. The van der Waals surface area contributed by atoms with Gasteiger partial charge in [0.2, 0.25) is 5.91 Å². The molecule has 3 heteroatoms. The number of likely N-dealkylation sites (N-methyl/N-ethyl adjacent to an activating group) is 1. The van der Waals surface area contributed by atoms with E-state index in [1.54, 1.807) is 6.08 Å². The van der Waals surface area contributed by atoms with Crippen LogP contribution in [0.25, 0.3) is 6.08 Å². The van der Waals surface area contributed by atoms with Crippen LogP contribution in [0.3, 0.4) is 0 Å². The minimum absolute atomic E-state index is 0.141. The van der Waals surface area contributed by atoms with Crippen LogP contribution in [-0.2, 0) is 4.79 Å². The van der Waals surface area contributed by atoms with E-state index in [0.717, 1.165) is 35.6 Å². The van der Waals surface area contributed by atoms with E-state index in [2.05, 4.69) is 23.7 Å². The summed E-state index contributed by atoms with van der Waals surface area (Å²) in [5.74, 6) is -0.141. The highest BCUT2D eigenvalue weighted by atomic mass is 16.1. The Labute approximate surface area is 144 Å². The van der Waals surface area contributed by atoms with Crippen LogP contribution < -0.4 is 10.2 Å². The molecule has 0 bridgehead atoms. The molecule has 0 spiro atoms. The van der Waals surface area contributed by atoms with Gasteiger partial charge in [-0.3, -0.25) is 4.79 Å². The molecule has 0 aliphatic heterocycles. The molecule has 0 aliphatic rings. The topological polar surface area (TPSA) is 32.3 Å². The Morgan fingerprint density at radius 3 is 2.46 bits per heavy atom. The summed E-state index contributed by atoms with van der Waals surface area (Å²) < 4.78 is 0. The van der Waals surface area contributed by atoms with Crippen LogP contribution in [-0.4, -0.2) is 19.0 Å². The highest BCUT2D eigenvalue weighted by Crippen LogP contribution is 2.26. The van der Waals surface area contributed by atoms with Gasteiger partial charge in [0.05, 0.1) is 11.4 Å². The lowest BCUT2D eigenvalue weighted by Crippen LogP contribution is -2.26. The zero-order chi connectivity index (χ0) is 17.4. The molecule has 24 heavy (non-hydrogen) atoms. The summed E-state index contributed by atoms with van der Waals surface area (Å²) in [4.78, 5) is 14.4. The predicted molar refractivity (Wildman–Crippen MR) is 103 cm³/mol. The Kier molecular flexibility index (Phi) is 6.38. The molecule has 0 atom stereocenters. The summed E-state index contributed by atoms with van der Waals surface area (Å²) in [6, 6.07) is 17.6. The number of rotatable bonds is 7. The number of amides is 1. The lowest BCUT2D eigenvalue weighted by atomic mass is 10.2. The fourth-order valence-corrected chi connectivity index (χ4v) is 2.46. The first-order valence-electron chi connectivity index (χ1n) is 8.12. The van der Waals surface area contributed by atoms with Gasteiger partial charge in [0.15, 0.2) is 0 Å². The molecule has 0 fully saturated rings. The molecule has 2 aromatic rings. The minimum atomic E-state index is -0.141. The zero-order valence-electron chi connectivity index (χ0n) is 14.3. The fraction of sp³-hybridized carbons (Fsp3) is 0.190. The summed E-state index contributed by atoms with van der Waals surface area (Å²) in [6.45, 7) is 9.70. The summed E-state index contributed by atoms with van der Waals surface area (Å²) in [7, 11) is 0. The number of benzene rings is 2. The number of hydrogen-bond acceptors (Lipinski definition) is 2. The molecule has 3 nitrogen and oxygen atoms in total. The number of carbonyl (C=O) groups excluding carboxylic acids is 1. The third-order valence-corrected chi connectivity index (χ3v) is 3.57. The number of para-hydroxylation sites is 2. The molecule has 0 aromatic heterocycles. The van der Waals surface area contributed by atoms with E-state index in [1.165, 1.54) is 0 Å². The predicted octanol–water partition coefficient (Wildman–Crippen LogP) is 4.74. The Morgan fingerprint density at radius 2 is 1.79 bits per heavy atom. The van der Waals surface area contributed by atoms with Crippen molar-refractivity contribution < 1.29 is 4.79 Å². The third kappa shape index (κ3) is 5.13. The van der Waals surface area contributed by atoms with Gasteiger partial charge >= 0.3 is 0 Å². The molecule has 2 rings (SSSR count). The molecule has 0 unspecified atom stereocenters. The van der Waals surface area contributed by atoms with Crippen molar-refractivity contribution in [2.24, 2.45) is 0 Å². The van der Waals surface area contributed by atoms with Gasteiger partial charge in [0, 0.05) is 19.2 Å². The smallest absolute Gasteiger partial charge is 0.248 e. The maximum atomic E-state index is 12.2. The molecular weight excluding hydrogens is 296 g/mol.